The van der Waals surface area contributed by atoms with Crippen LogP contribution in [0.3, 0.4) is 0 Å². The van der Waals surface area contributed by atoms with Gasteiger partial charge in [0.15, 0.2) is 0 Å². The number of nitrogens with one attached hydrogen (secondary N) is 1. The lowest BCUT2D eigenvalue weighted by Crippen LogP contribution is -2.40. The molecule has 0 saturated carbocycles. The number of rotatable bonds is 5. The van der Waals surface area contributed by atoms with Crippen molar-refractivity contribution < 1.29 is 0 Å². The van der Waals surface area contributed by atoms with Gasteiger partial charge in [-0.15, -0.1) is 10.2 Å². The van der Waals surface area contributed by atoms with Crippen LogP contribution in [0.4, 0.5) is 5.69 Å². The van der Waals surface area contributed by atoms with E-state index in [2.05, 4.69) is 61.9 Å². The van der Waals surface area contributed by atoms with E-state index in [4.69, 9.17) is 0 Å². The summed E-state index contributed by atoms with van der Waals surface area (Å²) in [6.45, 7) is 5.41. The molecule has 0 radical (unpaired) electrons. The molecule has 1 aliphatic rings. The lowest BCUT2D eigenvalue weighted by Gasteiger charge is -2.32. The molecule has 6 heteroatoms. The average molecular weight is 336 g/mol. The Labute approximate surface area is 147 Å². The zero-order chi connectivity index (χ0) is 17.1. The Morgan fingerprint density at radius 2 is 1.96 bits per heavy atom. The second kappa shape index (κ2) is 7.19. The first-order valence-corrected chi connectivity index (χ1v) is 8.98. The zero-order valence-corrected chi connectivity index (χ0v) is 14.6. The van der Waals surface area contributed by atoms with Crippen molar-refractivity contribution in [3.8, 4) is 0 Å². The number of nitrogens with zero attached hydrogens (tertiary/aromatic N) is 5. The van der Waals surface area contributed by atoms with Gasteiger partial charge in [-0.05, 0) is 37.8 Å². The molecule has 1 aliphatic heterocycles. The second-order valence-corrected chi connectivity index (χ2v) is 6.79. The molecule has 1 saturated heterocycles. The smallest absolute Gasteiger partial charge is 0.200 e. The Bertz CT molecular complexity index is 820. The van der Waals surface area contributed by atoms with Gasteiger partial charge in [0, 0.05) is 25.7 Å². The van der Waals surface area contributed by atoms with Crippen LogP contribution in [0.25, 0.3) is 5.65 Å². The molecule has 1 aromatic carbocycles. The van der Waals surface area contributed by atoms with E-state index in [1.165, 1.54) is 5.56 Å². The zero-order valence-electron chi connectivity index (χ0n) is 14.6. The van der Waals surface area contributed by atoms with Crippen molar-refractivity contribution in [1.82, 2.24) is 24.7 Å². The Hall–Kier alpha value is -2.47. The first kappa shape index (κ1) is 16.0. The number of hydrogen-bond acceptors (Lipinski definition) is 5. The third-order valence-electron chi connectivity index (χ3n) is 4.90. The molecule has 1 fully saturated rings. The van der Waals surface area contributed by atoms with E-state index in [1.54, 1.807) is 10.8 Å². The third kappa shape index (κ3) is 3.79. The van der Waals surface area contributed by atoms with E-state index < -0.39 is 0 Å². The van der Waals surface area contributed by atoms with Gasteiger partial charge in [-0.3, -0.25) is 0 Å². The fraction of sp³-hybridized carbons (Fsp3) is 0.421. The lowest BCUT2D eigenvalue weighted by molar-refractivity contribution is 0.221. The molecule has 0 unspecified atom stereocenters. The highest BCUT2D eigenvalue weighted by Crippen LogP contribution is 2.20. The molecular formula is C19H24N6. The van der Waals surface area contributed by atoms with Crippen molar-refractivity contribution in [3.05, 3.63) is 54.0 Å². The largest absolute Gasteiger partial charge is 0.379 e. The monoisotopic (exact) mass is 336 g/mol. The third-order valence-corrected chi connectivity index (χ3v) is 4.90. The number of aromatic nitrogens is 4. The molecule has 0 atom stereocenters. The Morgan fingerprint density at radius 1 is 1.16 bits per heavy atom. The van der Waals surface area contributed by atoms with E-state index in [1.807, 2.05) is 6.92 Å². The van der Waals surface area contributed by atoms with Crippen LogP contribution in [-0.4, -0.2) is 50.4 Å². The SMILES string of the molecule is Cc1cc(NC2CCN(CCc3ccccc3)CC2)c2nncn2n1. The molecular weight excluding hydrogens is 312 g/mol. The van der Waals surface area contributed by atoms with Crippen LogP contribution >= 0.6 is 0 Å². The highest BCUT2D eigenvalue weighted by atomic mass is 15.3. The van der Waals surface area contributed by atoms with Crippen LogP contribution < -0.4 is 5.32 Å². The second-order valence-electron chi connectivity index (χ2n) is 6.79. The van der Waals surface area contributed by atoms with Gasteiger partial charge in [0.2, 0.25) is 5.65 Å². The Balaban J connectivity index is 1.32. The van der Waals surface area contributed by atoms with E-state index in [9.17, 15) is 0 Å². The number of fused-ring (bicyclic) bond motifs is 1. The number of aryl methyl sites for hydroxylation is 1. The molecule has 130 valence electrons. The lowest BCUT2D eigenvalue weighted by atomic mass is 10.0. The summed E-state index contributed by atoms with van der Waals surface area (Å²) in [6.07, 6.45) is 5.08. The quantitative estimate of drug-likeness (QED) is 0.776. The Morgan fingerprint density at radius 3 is 2.76 bits per heavy atom. The molecule has 25 heavy (non-hydrogen) atoms. The van der Waals surface area contributed by atoms with Gasteiger partial charge < -0.3 is 10.2 Å². The summed E-state index contributed by atoms with van der Waals surface area (Å²) in [5, 5.41) is 16.2. The number of likely N-dealkylation sites (tertiary alicyclic amines) is 1. The van der Waals surface area contributed by atoms with Gasteiger partial charge >= 0.3 is 0 Å². The van der Waals surface area contributed by atoms with Crippen molar-refractivity contribution in [2.75, 3.05) is 25.0 Å². The average Bonchev–Trinajstić information content (AvgIpc) is 3.10. The van der Waals surface area contributed by atoms with E-state index >= 15 is 0 Å². The van der Waals surface area contributed by atoms with Crippen molar-refractivity contribution in [1.29, 1.82) is 0 Å². The predicted octanol–water partition coefficient (Wildman–Crippen LogP) is 2.55. The van der Waals surface area contributed by atoms with Gasteiger partial charge in [0.1, 0.15) is 6.33 Å². The first-order valence-electron chi connectivity index (χ1n) is 8.98. The van der Waals surface area contributed by atoms with E-state index in [-0.39, 0.29) is 0 Å². The van der Waals surface area contributed by atoms with E-state index in [0.29, 0.717) is 6.04 Å². The molecule has 2 aromatic heterocycles. The molecule has 0 amide bonds. The van der Waals surface area contributed by atoms with E-state index in [0.717, 1.165) is 55.9 Å². The van der Waals surface area contributed by atoms with Crippen LogP contribution in [0.1, 0.15) is 24.1 Å². The summed E-state index contributed by atoms with van der Waals surface area (Å²) in [6, 6.07) is 13.3. The highest BCUT2D eigenvalue weighted by molar-refractivity contribution is 5.66. The van der Waals surface area contributed by atoms with Gasteiger partial charge in [-0.2, -0.15) is 9.61 Å². The topological polar surface area (TPSA) is 58.3 Å². The normalized spacial score (nSPS) is 16.4. The molecule has 6 nitrogen and oxygen atoms in total. The van der Waals surface area contributed by atoms with Crippen molar-refractivity contribution in [2.45, 2.75) is 32.2 Å². The summed E-state index contributed by atoms with van der Waals surface area (Å²) < 4.78 is 1.74. The fourth-order valence-electron chi connectivity index (χ4n) is 3.51. The maximum Gasteiger partial charge on any atom is 0.200 e. The Kier molecular flexibility index (Phi) is 4.61. The fourth-order valence-corrected chi connectivity index (χ4v) is 3.51. The highest BCUT2D eigenvalue weighted by Gasteiger charge is 2.20. The van der Waals surface area contributed by atoms with Crippen molar-refractivity contribution >= 4 is 11.3 Å². The van der Waals surface area contributed by atoms with Crippen LogP contribution in [0.15, 0.2) is 42.7 Å². The van der Waals surface area contributed by atoms with Gasteiger partial charge in [0.25, 0.3) is 0 Å². The minimum absolute atomic E-state index is 0.482. The van der Waals surface area contributed by atoms with Crippen LogP contribution in [0, 0.1) is 6.92 Å². The molecule has 4 rings (SSSR count). The minimum atomic E-state index is 0.482. The van der Waals surface area contributed by atoms with Crippen LogP contribution in [0.5, 0.6) is 0 Å². The molecule has 3 heterocycles. The molecule has 0 bridgehead atoms. The summed E-state index contributed by atoms with van der Waals surface area (Å²) in [4.78, 5) is 2.57. The predicted molar refractivity (Wildman–Crippen MR) is 98.7 cm³/mol. The molecule has 0 aliphatic carbocycles. The standard InChI is InChI=1S/C19H24N6/c1-15-13-18(19-22-20-14-25(19)23-15)21-17-8-11-24(12-9-17)10-7-16-5-3-2-4-6-16/h2-6,13-14,17,21H,7-12H2,1H3. The molecule has 1 N–H and O–H groups in total. The molecule has 3 aromatic rings. The van der Waals surface area contributed by atoms with Crippen molar-refractivity contribution in [2.24, 2.45) is 0 Å². The minimum Gasteiger partial charge on any atom is -0.379 e. The maximum atomic E-state index is 4.40. The first-order chi connectivity index (χ1) is 12.3. The summed E-state index contributed by atoms with van der Waals surface area (Å²) in [5.74, 6) is 0. The summed E-state index contributed by atoms with van der Waals surface area (Å²) >= 11 is 0. The number of benzene rings is 1. The summed E-state index contributed by atoms with van der Waals surface area (Å²) in [5.41, 5.74) is 4.23. The van der Waals surface area contributed by atoms with Crippen molar-refractivity contribution in [3.63, 3.8) is 0 Å². The van der Waals surface area contributed by atoms with Crippen LogP contribution in [0.2, 0.25) is 0 Å². The number of piperidine rings is 1. The van der Waals surface area contributed by atoms with Gasteiger partial charge in [-0.25, -0.2) is 0 Å². The van der Waals surface area contributed by atoms with Gasteiger partial charge in [-0.1, -0.05) is 30.3 Å². The number of anilines is 1. The van der Waals surface area contributed by atoms with Gasteiger partial charge in [0.05, 0.1) is 11.4 Å². The number of hydrogen-bond donors (Lipinski definition) is 1. The summed E-state index contributed by atoms with van der Waals surface area (Å²) in [7, 11) is 0. The molecule has 0 spiro atoms. The maximum absolute atomic E-state index is 4.40. The van der Waals surface area contributed by atoms with Crippen LogP contribution in [-0.2, 0) is 6.42 Å².